The summed E-state index contributed by atoms with van der Waals surface area (Å²) >= 11 is 5.87. The van der Waals surface area contributed by atoms with E-state index in [1.165, 1.54) is 11.8 Å². The molecule has 0 fully saturated rings. The van der Waals surface area contributed by atoms with E-state index in [0.29, 0.717) is 10.8 Å². The van der Waals surface area contributed by atoms with Crippen LogP contribution in [-0.4, -0.2) is 30.7 Å². The van der Waals surface area contributed by atoms with E-state index in [9.17, 15) is 9.59 Å². The van der Waals surface area contributed by atoms with Gasteiger partial charge >= 0.3 is 0 Å². The molecule has 0 aliphatic carbocycles. The van der Waals surface area contributed by atoms with Crippen LogP contribution in [0.4, 0.5) is 0 Å². The lowest BCUT2D eigenvalue weighted by atomic mass is 10.2. The number of carbonyl (C=O) groups is 2. The topological polar surface area (TPSA) is 46.6 Å². The molecular weight excluding hydrogens is 242 g/mol. The molecule has 0 N–H and O–H groups in total. The maximum absolute atomic E-state index is 11.4. The molecule has 0 saturated heterocycles. The van der Waals surface area contributed by atoms with Crippen molar-refractivity contribution in [2.75, 3.05) is 14.2 Å². The van der Waals surface area contributed by atoms with Crippen molar-refractivity contribution < 1.29 is 14.3 Å². The molecule has 0 aromatic heterocycles. The predicted molar refractivity (Wildman–Crippen MR) is 65.2 cm³/mol. The molecule has 0 atom stereocenters. The number of likely N-dealkylation sites (N-methyl/N-ethyl adjacent to an activating group) is 1. The molecule has 1 aromatic carbocycles. The van der Waals surface area contributed by atoms with E-state index < -0.39 is 11.7 Å². The van der Waals surface area contributed by atoms with E-state index in [1.807, 2.05) is 0 Å². The van der Waals surface area contributed by atoms with Gasteiger partial charge in [0, 0.05) is 31.1 Å². The summed E-state index contributed by atoms with van der Waals surface area (Å²) in [7, 11) is 3.10. The van der Waals surface area contributed by atoms with Crippen molar-refractivity contribution in [2.45, 2.75) is 13.5 Å². The Morgan fingerprint density at radius 1 is 1.41 bits per heavy atom. The molecule has 0 spiro atoms. The zero-order valence-electron chi connectivity index (χ0n) is 9.99. The second-order valence-electron chi connectivity index (χ2n) is 3.67. The van der Waals surface area contributed by atoms with Gasteiger partial charge in [0.25, 0.3) is 5.91 Å². The molecule has 17 heavy (non-hydrogen) atoms. The quantitative estimate of drug-likeness (QED) is 0.772. The molecular formula is C12H14ClNO3. The Morgan fingerprint density at radius 3 is 2.59 bits per heavy atom. The Labute approximate surface area is 105 Å². The molecule has 92 valence electrons. The lowest BCUT2D eigenvalue weighted by Crippen LogP contribution is -2.31. The fourth-order valence-corrected chi connectivity index (χ4v) is 1.66. The average molecular weight is 256 g/mol. The van der Waals surface area contributed by atoms with Gasteiger partial charge in [0.15, 0.2) is 0 Å². The number of carbonyl (C=O) groups excluding carboxylic acids is 2. The van der Waals surface area contributed by atoms with E-state index in [2.05, 4.69) is 0 Å². The first-order valence-electron chi connectivity index (χ1n) is 5.04. The fraction of sp³-hybridized carbons (Fsp3) is 0.333. The third-order valence-corrected chi connectivity index (χ3v) is 2.53. The number of benzene rings is 1. The number of rotatable bonds is 4. The minimum absolute atomic E-state index is 0.280. The molecule has 0 unspecified atom stereocenters. The molecule has 0 radical (unpaired) electrons. The minimum atomic E-state index is -0.535. The van der Waals surface area contributed by atoms with Crippen LogP contribution in [-0.2, 0) is 16.1 Å². The Bertz CT molecular complexity index is 445. The third kappa shape index (κ3) is 3.46. The van der Waals surface area contributed by atoms with Gasteiger partial charge in [0.1, 0.15) is 5.75 Å². The van der Waals surface area contributed by atoms with E-state index >= 15 is 0 Å². The smallest absolute Gasteiger partial charge is 0.289 e. The summed E-state index contributed by atoms with van der Waals surface area (Å²) in [6.45, 7) is 1.52. The van der Waals surface area contributed by atoms with Crippen LogP contribution < -0.4 is 4.74 Å². The predicted octanol–water partition coefficient (Wildman–Crippen LogP) is 1.90. The molecule has 0 aliphatic heterocycles. The van der Waals surface area contributed by atoms with Crippen molar-refractivity contribution in [2.24, 2.45) is 0 Å². The van der Waals surface area contributed by atoms with E-state index in [4.69, 9.17) is 16.3 Å². The van der Waals surface area contributed by atoms with Crippen LogP contribution in [0.15, 0.2) is 18.2 Å². The van der Waals surface area contributed by atoms with Crippen molar-refractivity contribution in [3.05, 3.63) is 28.8 Å². The Hall–Kier alpha value is -1.55. The Kier molecular flexibility index (Phi) is 4.52. The highest BCUT2D eigenvalue weighted by Crippen LogP contribution is 2.23. The summed E-state index contributed by atoms with van der Waals surface area (Å²) in [5, 5.41) is 0.560. The molecule has 4 nitrogen and oxygen atoms in total. The summed E-state index contributed by atoms with van der Waals surface area (Å²) in [5.74, 6) is -0.391. The lowest BCUT2D eigenvalue weighted by Gasteiger charge is -2.17. The summed E-state index contributed by atoms with van der Waals surface area (Å²) in [5.41, 5.74) is 0.761. The van der Waals surface area contributed by atoms with Crippen molar-refractivity contribution in [3.8, 4) is 5.75 Å². The highest BCUT2D eigenvalue weighted by atomic mass is 35.5. The average Bonchev–Trinajstić information content (AvgIpc) is 2.28. The van der Waals surface area contributed by atoms with E-state index in [1.54, 1.807) is 32.4 Å². The molecule has 0 saturated carbocycles. The number of methoxy groups -OCH3 is 1. The molecule has 0 bridgehead atoms. The first-order valence-corrected chi connectivity index (χ1v) is 5.42. The number of Topliss-reactive ketones (excluding diaryl/α,β-unsaturated/α-hetero) is 1. The van der Waals surface area contributed by atoms with Gasteiger partial charge in [0.2, 0.25) is 5.78 Å². The fourth-order valence-electron chi connectivity index (χ4n) is 1.47. The highest BCUT2D eigenvalue weighted by molar-refractivity contribution is 6.35. The van der Waals surface area contributed by atoms with Crippen LogP contribution in [0.25, 0.3) is 0 Å². The van der Waals surface area contributed by atoms with E-state index in [-0.39, 0.29) is 6.54 Å². The van der Waals surface area contributed by atoms with Crippen molar-refractivity contribution >= 4 is 23.3 Å². The van der Waals surface area contributed by atoms with Gasteiger partial charge < -0.3 is 9.64 Å². The largest absolute Gasteiger partial charge is 0.496 e. The number of ketones is 1. The van der Waals surface area contributed by atoms with Crippen LogP contribution in [0.2, 0.25) is 5.02 Å². The van der Waals surface area contributed by atoms with Gasteiger partial charge in [-0.25, -0.2) is 0 Å². The van der Waals surface area contributed by atoms with Gasteiger partial charge in [-0.05, 0) is 18.2 Å². The lowest BCUT2D eigenvalue weighted by molar-refractivity contribution is -0.143. The second kappa shape index (κ2) is 5.68. The SMILES string of the molecule is COc1ccc(Cl)cc1CN(C)C(=O)C(C)=O. The molecule has 0 aliphatic rings. The number of nitrogens with zero attached hydrogens (tertiary/aromatic N) is 1. The van der Waals surface area contributed by atoms with Crippen LogP contribution in [0, 0.1) is 0 Å². The summed E-state index contributed by atoms with van der Waals surface area (Å²) in [6.07, 6.45) is 0. The normalized spacial score (nSPS) is 9.88. The standard InChI is InChI=1S/C12H14ClNO3/c1-8(15)12(16)14(2)7-9-6-10(13)4-5-11(9)17-3/h4-6H,7H2,1-3H3. The van der Waals surface area contributed by atoms with Crippen LogP contribution in [0.5, 0.6) is 5.75 Å². The number of ether oxygens (including phenoxy) is 1. The third-order valence-electron chi connectivity index (χ3n) is 2.30. The summed E-state index contributed by atoms with van der Waals surface area (Å²) < 4.78 is 5.16. The van der Waals surface area contributed by atoms with Gasteiger partial charge in [0.05, 0.1) is 7.11 Å². The van der Waals surface area contributed by atoms with Gasteiger partial charge in [-0.1, -0.05) is 11.6 Å². The summed E-state index contributed by atoms with van der Waals surface area (Å²) in [6, 6.07) is 5.14. The van der Waals surface area contributed by atoms with Crippen molar-refractivity contribution in [1.29, 1.82) is 0 Å². The van der Waals surface area contributed by atoms with Crippen LogP contribution in [0.1, 0.15) is 12.5 Å². The monoisotopic (exact) mass is 255 g/mol. The Balaban J connectivity index is 2.90. The maximum Gasteiger partial charge on any atom is 0.289 e. The number of hydrogen-bond donors (Lipinski definition) is 0. The minimum Gasteiger partial charge on any atom is -0.496 e. The Morgan fingerprint density at radius 2 is 2.06 bits per heavy atom. The maximum atomic E-state index is 11.4. The van der Waals surface area contributed by atoms with Gasteiger partial charge in [-0.3, -0.25) is 9.59 Å². The van der Waals surface area contributed by atoms with E-state index in [0.717, 1.165) is 5.56 Å². The second-order valence-corrected chi connectivity index (χ2v) is 4.11. The number of amides is 1. The van der Waals surface area contributed by atoms with Gasteiger partial charge in [-0.2, -0.15) is 0 Å². The molecule has 5 heteroatoms. The number of hydrogen-bond acceptors (Lipinski definition) is 3. The molecule has 1 aromatic rings. The van der Waals surface area contributed by atoms with Crippen molar-refractivity contribution in [3.63, 3.8) is 0 Å². The number of halogens is 1. The van der Waals surface area contributed by atoms with Gasteiger partial charge in [-0.15, -0.1) is 0 Å². The molecule has 1 rings (SSSR count). The first kappa shape index (κ1) is 13.5. The molecule has 0 heterocycles. The van der Waals surface area contributed by atoms with Crippen LogP contribution in [0.3, 0.4) is 0 Å². The van der Waals surface area contributed by atoms with Crippen LogP contribution >= 0.6 is 11.6 Å². The zero-order chi connectivity index (χ0) is 13.0. The first-order chi connectivity index (χ1) is 7.95. The summed E-state index contributed by atoms with van der Waals surface area (Å²) in [4.78, 5) is 23.7. The highest BCUT2D eigenvalue weighted by Gasteiger charge is 2.15. The zero-order valence-corrected chi connectivity index (χ0v) is 10.7. The molecule has 1 amide bonds. The van der Waals surface area contributed by atoms with Crippen molar-refractivity contribution in [1.82, 2.24) is 4.90 Å².